The first kappa shape index (κ1) is 15.4. The summed E-state index contributed by atoms with van der Waals surface area (Å²) in [6, 6.07) is -0.00287. The molecule has 0 aromatic carbocycles. The lowest BCUT2D eigenvalue weighted by Gasteiger charge is -2.28. The lowest BCUT2D eigenvalue weighted by molar-refractivity contribution is -0.136. The van der Waals surface area contributed by atoms with Crippen LogP contribution >= 0.6 is 0 Å². The van der Waals surface area contributed by atoms with Crippen molar-refractivity contribution in [1.82, 2.24) is 4.72 Å². The maximum absolute atomic E-state index is 11.6. The Labute approximate surface area is 109 Å². The quantitative estimate of drug-likeness (QED) is 0.742. The highest BCUT2D eigenvalue weighted by molar-refractivity contribution is 7.89. The second kappa shape index (κ2) is 7.09. The molecular formula is C12H23NO4S. The van der Waals surface area contributed by atoms with Crippen molar-refractivity contribution in [3.63, 3.8) is 0 Å². The Hall–Kier alpha value is -0.620. The molecule has 0 saturated heterocycles. The summed E-state index contributed by atoms with van der Waals surface area (Å²) in [5.74, 6) is -0.668. The Morgan fingerprint density at radius 2 is 1.89 bits per heavy atom. The fraction of sp³-hybridized carbons (Fsp3) is 0.917. The van der Waals surface area contributed by atoms with Crippen molar-refractivity contribution in [2.45, 2.75) is 57.9 Å². The third-order valence-corrected chi connectivity index (χ3v) is 4.91. The van der Waals surface area contributed by atoms with E-state index in [1.807, 2.05) is 0 Å². The lowest BCUT2D eigenvalue weighted by Crippen LogP contribution is -2.39. The smallest absolute Gasteiger partial charge is 0.304 e. The van der Waals surface area contributed by atoms with Crippen LogP contribution in [-0.2, 0) is 14.8 Å². The molecular weight excluding hydrogens is 254 g/mol. The summed E-state index contributed by atoms with van der Waals surface area (Å²) >= 11 is 0. The molecule has 6 heteroatoms. The van der Waals surface area contributed by atoms with Crippen LogP contribution in [0.2, 0.25) is 0 Å². The minimum atomic E-state index is -3.44. The molecule has 18 heavy (non-hydrogen) atoms. The molecule has 0 radical (unpaired) electrons. The van der Waals surface area contributed by atoms with Crippen LogP contribution < -0.4 is 4.72 Å². The minimum absolute atomic E-state index is 0.00287. The molecule has 1 aliphatic carbocycles. The van der Waals surface area contributed by atoms with E-state index in [1.165, 1.54) is 12.8 Å². The molecule has 1 saturated carbocycles. The standard InChI is InChI=1S/C12H23NO4S/c1-2-3-10-4-6-11(7-5-10)13-18(16,17)9-8-12(14)15/h10-11,13H,2-9H2,1H3,(H,14,15). The number of rotatable bonds is 7. The zero-order valence-electron chi connectivity index (χ0n) is 10.9. The number of carboxylic acid groups (broad SMARTS) is 1. The van der Waals surface area contributed by atoms with Crippen molar-refractivity contribution in [2.75, 3.05) is 5.75 Å². The number of nitrogens with one attached hydrogen (secondary N) is 1. The maximum atomic E-state index is 11.6. The predicted octanol–water partition coefficient (Wildman–Crippen LogP) is 1.74. The monoisotopic (exact) mass is 277 g/mol. The molecule has 0 bridgehead atoms. The van der Waals surface area contributed by atoms with Crippen molar-refractivity contribution >= 4 is 16.0 Å². The van der Waals surface area contributed by atoms with Gasteiger partial charge >= 0.3 is 5.97 Å². The highest BCUT2D eigenvalue weighted by atomic mass is 32.2. The van der Waals surface area contributed by atoms with Crippen molar-refractivity contribution in [3.05, 3.63) is 0 Å². The molecule has 0 spiro atoms. The molecule has 106 valence electrons. The molecule has 1 aliphatic rings. The molecule has 0 aromatic rings. The normalized spacial score (nSPS) is 24.9. The van der Waals surface area contributed by atoms with E-state index in [2.05, 4.69) is 11.6 Å². The van der Waals surface area contributed by atoms with E-state index in [-0.39, 0.29) is 18.2 Å². The van der Waals surface area contributed by atoms with Gasteiger partial charge < -0.3 is 5.11 Å². The van der Waals surface area contributed by atoms with Gasteiger partial charge in [-0.15, -0.1) is 0 Å². The topological polar surface area (TPSA) is 83.5 Å². The van der Waals surface area contributed by atoms with Gasteiger partial charge in [-0.25, -0.2) is 13.1 Å². The average molecular weight is 277 g/mol. The van der Waals surface area contributed by atoms with Crippen molar-refractivity contribution in [1.29, 1.82) is 0 Å². The highest BCUT2D eigenvalue weighted by Gasteiger charge is 2.24. The third-order valence-electron chi connectivity index (χ3n) is 3.47. The molecule has 0 unspecified atom stereocenters. The van der Waals surface area contributed by atoms with Gasteiger partial charge in [-0.3, -0.25) is 4.79 Å². The number of carboxylic acids is 1. The lowest BCUT2D eigenvalue weighted by atomic mass is 9.84. The van der Waals surface area contributed by atoms with E-state index >= 15 is 0 Å². The summed E-state index contributed by atoms with van der Waals surface area (Å²) in [6.07, 6.45) is 5.95. The van der Waals surface area contributed by atoms with E-state index in [1.54, 1.807) is 0 Å². The Balaban J connectivity index is 2.33. The van der Waals surface area contributed by atoms with Gasteiger partial charge in [-0.05, 0) is 31.6 Å². The number of hydrogen-bond acceptors (Lipinski definition) is 3. The van der Waals surface area contributed by atoms with E-state index in [0.29, 0.717) is 0 Å². The van der Waals surface area contributed by atoms with Crippen molar-refractivity contribution in [3.8, 4) is 0 Å². The minimum Gasteiger partial charge on any atom is -0.481 e. The number of sulfonamides is 1. The zero-order valence-corrected chi connectivity index (χ0v) is 11.7. The molecule has 0 aliphatic heterocycles. The van der Waals surface area contributed by atoms with Gasteiger partial charge in [0, 0.05) is 6.04 Å². The molecule has 0 aromatic heterocycles. The van der Waals surface area contributed by atoms with Gasteiger partial charge in [0.2, 0.25) is 10.0 Å². The molecule has 0 atom stereocenters. The average Bonchev–Trinajstić information content (AvgIpc) is 2.29. The van der Waals surface area contributed by atoms with Crippen LogP contribution in [0, 0.1) is 5.92 Å². The summed E-state index contributed by atoms with van der Waals surface area (Å²) in [6.45, 7) is 2.17. The number of hydrogen-bond donors (Lipinski definition) is 2. The number of carbonyl (C=O) groups is 1. The van der Waals surface area contributed by atoms with E-state index < -0.39 is 16.0 Å². The first-order chi connectivity index (χ1) is 8.43. The molecule has 0 heterocycles. The first-order valence-electron chi connectivity index (χ1n) is 6.64. The predicted molar refractivity (Wildman–Crippen MR) is 69.8 cm³/mol. The van der Waals surface area contributed by atoms with Crippen LogP contribution in [0.5, 0.6) is 0 Å². The molecule has 2 N–H and O–H groups in total. The summed E-state index contributed by atoms with van der Waals surface area (Å²) in [5.41, 5.74) is 0. The maximum Gasteiger partial charge on any atom is 0.304 e. The molecule has 5 nitrogen and oxygen atoms in total. The largest absolute Gasteiger partial charge is 0.481 e. The van der Waals surface area contributed by atoms with Crippen LogP contribution in [0.3, 0.4) is 0 Å². The van der Waals surface area contributed by atoms with Crippen LogP contribution in [0.4, 0.5) is 0 Å². The highest BCUT2D eigenvalue weighted by Crippen LogP contribution is 2.27. The summed E-state index contributed by atoms with van der Waals surface area (Å²) in [4.78, 5) is 10.4. The van der Waals surface area contributed by atoms with Crippen molar-refractivity contribution in [2.24, 2.45) is 5.92 Å². The zero-order chi connectivity index (χ0) is 13.6. The van der Waals surface area contributed by atoms with Gasteiger partial charge in [0.1, 0.15) is 0 Å². The molecule has 1 rings (SSSR count). The summed E-state index contributed by atoms with van der Waals surface area (Å²) < 4.78 is 25.9. The second-order valence-electron chi connectivity index (χ2n) is 5.09. The summed E-state index contributed by atoms with van der Waals surface area (Å²) in [5, 5.41) is 8.48. The van der Waals surface area contributed by atoms with Crippen LogP contribution in [0.15, 0.2) is 0 Å². The van der Waals surface area contributed by atoms with Crippen LogP contribution in [0.25, 0.3) is 0 Å². The van der Waals surface area contributed by atoms with E-state index in [4.69, 9.17) is 5.11 Å². The fourth-order valence-electron chi connectivity index (χ4n) is 2.51. The Bertz CT molecular complexity index is 358. The Morgan fingerprint density at radius 1 is 1.28 bits per heavy atom. The van der Waals surface area contributed by atoms with Gasteiger partial charge in [-0.1, -0.05) is 19.8 Å². The molecule has 1 fully saturated rings. The van der Waals surface area contributed by atoms with E-state index in [9.17, 15) is 13.2 Å². The van der Waals surface area contributed by atoms with Gasteiger partial charge in [-0.2, -0.15) is 0 Å². The van der Waals surface area contributed by atoms with Gasteiger partial charge in [0.05, 0.1) is 12.2 Å². The Kier molecular flexibility index (Phi) is 6.08. The Morgan fingerprint density at radius 3 is 2.39 bits per heavy atom. The van der Waals surface area contributed by atoms with E-state index in [0.717, 1.165) is 31.6 Å². The molecule has 0 amide bonds. The fourth-order valence-corrected chi connectivity index (χ4v) is 3.82. The number of aliphatic carboxylic acids is 1. The third kappa shape index (κ3) is 5.82. The summed E-state index contributed by atoms with van der Waals surface area (Å²) in [7, 11) is -3.44. The van der Waals surface area contributed by atoms with Crippen molar-refractivity contribution < 1.29 is 18.3 Å². The van der Waals surface area contributed by atoms with Gasteiger partial charge in [0.25, 0.3) is 0 Å². The SMILES string of the molecule is CCCC1CCC(NS(=O)(=O)CCC(=O)O)CC1. The first-order valence-corrected chi connectivity index (χ1v) is 8.30. The van der Waals surface area contributed by atoms with Crippen LogP contribution in [0.1, 0.15) is 51.9 Å². The van der Waals surface area contributed by atoms with Crippen LogP contribution in [-0.4, -0.2) is 31.3 Å². The second-order valence-corrected chi connectivity index (χ2v) is 6.96. The van der Waals surface area contributed by atoms with Gasteiger partial charge in [0.15, 0.2) is 0 Å².